The lowest BCUT2D eigenvalue weighted by molar-refractivity contribution is -0.315. The minimum atomic E-state index is -0.933. The fourth-order valence-corrected chi connectivity index (χ4v) is 5.33. The molecule has 0 aliphatic carbocycles. The van der Waals surface area contributed by atoms with Gasteiger partial charge in [-0.3, -0.25) is 0 Å². The summed E-state index contributed by atoms with van der Waals surface area (Å²) in [7, 11) is 0. The molecule has 1 saturated heterocycles. The molecule has 0 radical (unpaired) electrons. The third-order valence-electron chi connectivity index (χ3n) is 7.75. The largest absolute Gasteiger partial charge is 0.394 e. The molecule has 38 heavy (non-hydrogen) atoms. The van der Waals surface area contributed by atoms with Gasteiger partial charge in [-0.25, -0.2) is 0 Å². The molecule has 0 aromatic heterocycles. The van der Waals surface area contributed by atoms with Crippen molar-refractivity contribution in [1.82, 2.24) is 0 Å². The van der Waals surface area contributed by atoms with Gasteiger partial charge in [-0.1, -0.05) is 129 Å². The lowest BCUT2D eigenvalue weighted by atomic mass is 9.98. The fourth-order valence-electron chi connectivity index (χ4n) is 5.33. The summed E-state index contributed by atoms with van der Waals surface area (Å²) in [5.74, 6) is 0. The quantitative estimate of drug-likeness (QED) is 0.103. The van der Waals surface area contributed by atoms with Crippen molar-refractivity contribution in [3.8, 4) is 0 Å². The van der Waals surface area contributed by atoms with Crippen LogP contribution in [-0.2, 0) is 18.9 Å². The van der Waals surface area contributed by atoms with Crippen LogP contribution in [0.2, 0.25) is 0 Å². The van der Waals surface area contributed by atoms with Crippen LogP contribution in [0.3, 0.4) is 0 Å². The minimum absolute atomic E-state index is 0.270. The van der Waals surface area contributed by atoms with E-state index < -0.39 is 30.7 Å². The molecule has 0 unspecified atom stereocenters. The number of unbranched alkanes of at least 4 members (excludes halogenated alkanes) is 18. The second-order valence-corrected chi connectivity index (χ2v) is 11.2. The zero-order chi connectivity index (χ0) is 27.7. The number of ether oxygens (including phenoxy) is 4. The summed E-state index contributed by atoms with van der Waals surface area (Å²) >= 11 is 0. The van der Waals surface area contributed by atoms with Crippen LogP contribution >= 0.6 is 0 Å². The van der Waals surface area contributed by atoms with Crippen molar-refractivity contribution in [1.29, 1.82) is 0 Å². The van der Waals surface area contributed by atoms with Crippen molar-refractivity contribution in [2.45, 2.75) is 180 Å². The van der Waals surface area contributed by atoms with Crippen molar-refractivity contribution in [2.75, 3.05) is 26.4 Å². The highest BCUT2D eigenvalue weighted by Crippen LogP contribution is 2.27. The van der Waals surface area contributed by atoms with Crippen molar-refractivity contribution >= 4 is 0 Å². The third-order valence-corrected chi connectivity index (χ3v) is 7.75. The Hall–Kier alpha value is -0.240. The molecule has 0 aromatic carbocycles. The summed E-state index contributed by atoms with van der Waals surface area (Å²) in [4.78, 5) is 0. The normalized spacial score (nSPS) is 23.8. The van der Waals surface area contributed by atoms with Gasteiger partial charge in [-0.15, -0.1) is 0 Å². The maximum Gasteiger partial charge on any atom is 0.186 e. The number of rotatable bonds is 27. The molecular formula is C32H64O6. The molecule has 6 heteroatoms. The smallest absolute Gasteiger partial charge is 0.186 e. The molecule has 5 atom stereocenters. The van der Waals surface area contributed by atoms with Crippen LogP contribution in [0, 0.1) is 0 Å². The van der Waals surface area contributed by atoms with Gasteiger partial charge in [-0.05, 0) is 19.8 Å². The van der Waals surface area contributed by atoms with E-state index in [0.29, 0.717) is 19.8 Å². The maximum atomic E-state index is 10.9. The van der Waals surface area contributed by atoms with Crippen molar-refractivity contribution in [3.05, 3.63) is 0 Å². The fraction of sp³-hybridized carbons (Fsp3) is 1.00. The number of aliphatic hydroxyl groups is 2. The highest BCUT2D eigenvalue weighted by molar-refractivity contribution is 4.91. The second kappa shape index (κ2) is 25.7. The maximum absolute atomic E-state index is 10.9. The minimum Gasteiger partial charge on any atom is -0.394 e. The van der Waals surface area contributed by atoms with E-state index in [1.807, 2.05) is 6.92 Å². The Balaban J connectivity index is 2.34. The Bertz CT molecular complexity index is 465. The predicted octanol–water partition coefficient (Wildman–Crippen LogP) is 7.71. The van der Waals surface area contributed by atoms with Gasteiger partial charge in [0.15, 0.2) is 6.29 Å². The van der Waals surface area contributed by atoms with Crippen molar-refractivity contribution in [2.24, 2.45) is 0 Å². The zero-order valence-corrected chi connectivity index (χ0v) is 25.4. The molecule has 1 fully saturated rings. The van der Waals surface area contributed by atoms with Crippen LogP contribution in [0.5, 0.6) is 0 Å². The molecule has 0 amide bonds. The monoisotopic (exact) mass is 544 g/mol. The van der Waals surface area contributed by atoms with Crippen LogP contribution in [0.1, 0.15) is 149 Å². The summed E-state index contributed by atoms with van der Waals surface area (Å²) < 4.78 is 24.1. The van der Waals surface area contributed by atoms with Gasteiger partial charge < -0.3 is 29.2 Å². The Morgan fingerprint density at radius 2 is 0.921 bits per heavy atom. The van der Waals surface area contributed by atoms with Gasteiger partial charge in [0.05, 0.1) is 6.61 Å². The molecule has 0 spiro atoms. The average molecular weight is 545 g/mol. The molecular weight excluding hydrogens is 480 g/mol. The first-order valence-electron chi connectivity index (χ1n) is 16.5. The topological polar surface area (TPSA) is 77.4 Å². The van der Waals surface area contributed by atoms with E-state index in [0.717, 1.165) is 25.7 Å². The first-order chi connectivity index (χ1) is 18.7. The summed E-state index contributed by atoms with van der Waals surface area (Å²) in [5.41, 5.74) is 0. The molecule has 228 valence electrons. The standard InChI is InChI=1S/C32H64O6/c1-4-7-9-11-13-15-17-19-21-23-25-36-30-29(34)28(27-33)38-32(35-6-3)31(30)37-26-24-22-20-18-16-14-12-10-8-5-2/h28-34H,4-27H2,1-3H3/t28-,29-,30+,31-,32+/m1/s1. The average Bonchev–Trinajstić information content (AvgIpc) is 2.92. The molecule has 1 heterocycles. The van der Waals surface area contributed by atoms with Gasteiger partial charge in [0.1, 0.15) is 24.4 Å². The third kappa shape index (κ3) is 16.8. The van der Waals surface area contributed by atoms with Crippen LogP contribution in [0.25, 0.3) is 0 Å². The molecule has 0 bridgehead atoms. The second-order valence-electron chi connectivity index (χ2n) is 11.2. The van der Waals surface area contributed by atoms with Gasteiger partial charge in [0.25, 0.3) is 0 Å². The predicted molar refractivity (Wildman–Crippen MR) is 157 cm³/mol. The van der Waals surface area contributed by atoms with E-state index in [1.165, 1.54) is 103 Å². The van der Waals surface area contributed by atoms with E-state index in [4.69, 9.17) is 18.9 Å². The van der Waals surface area contributed by atoms with Crippen molar-refractivity contribution < 1.29 is 29.2 Å². The van der Waals surface area contributed by atoms with E-state index in [2.05, 4.69) is 13.8 Å². The lowest BCUT2D eigenvalue weighted by Gasteiger charge is -2.43. The van der Waals surface area contributed by atoms with Gasteiger partial charge in [0, 0.05) is 19.8 Å². The van der Waals surface area contributed by atoms with E-state index in [9.17, 15) is 10.2 Å². The summed E-state index contributed by atoms with van der Waals surface area (Å²) in [5, 5.41) is 20.6. The van der Waals surface area contributed by atoms with Crippen LogP contribution in [-0.4, -0.2) is 67.3 Å². The SMILES string of the molecule is CCCCCCCCCCCCO[C@H]1[C@@H](OCC)O[C@H](CO)[C@@H](O)[C@@H]1OCCCCCCCCCCCC. The van der Waals surface area contributed by atoms with Gasteiger partial charge in [-0.2, -0.15) is 0 Å². The van der Waals surface area contributed by atoms with Crippen LogP contribution < -0.4 is 0 Å². The number of aliphatic hydroxyl groups excluding tert-OH is 2. The Kier molecular flexibility index (Phi) is 24.2. The first-order valence-corrected chi connectivity index (χ1v) is 16.5. The molecule has 2 N–H and O–H groups in total. The molecule has 1 rings (SSSR count). The van der Waals surface area contributed by atoms with Gasteiger partial charge in [0.2, 0.25) is 0 Å². The summed E-state index contributed by atoms with van der Waals surface area (Å²) in [6.45, 7) is 7.82. The molecule has 6 nitrogen and oxygen atoms in total. The summed E-state index contributed by atoms with van der Waals surface area (Å²) in [6.07, 6.45) is 22.1. The highest BCUT2D eigenvalue weighted by Gasteiger charge is 2.47. The van der Waals surface area contributed by atoms with Crippen molar-refractivity contribution in [3.63, 3.8) is 0 Å². The summed E-state index contributed by atoms with van der Waals surface area (Å²) in [6, 6.07) is 0. The first kappa shape index (κ1) is 35.8. The van der Waals surface area contributed by atoms with E-state index in [1.54, 1.807) is 0 Å². The van der Waals surface area contributed by atoms with E-state index in [-0.39, 0.29) is 6.61 Å². The Labute approximate surface area is 235 Å². The lowest BCUT2D eigenvalue weighted by Crippen LogP contribution is -2.61. The molecule has 1 aliphatic heterocycles. The number of hydrogen-bond donors (Lipinski definition) is 2. The van der Waals surface area contributed by atoms with Gasteiger partial charge >= 0.3 is 0 Å². The molecule has 0 aromatic rings. The highest BCUT2D eigenvalue weighted by atomic mass is 16.7. The van der Waals surface area contributed by atoms with E-state index >= 15 is 0 Å². The molecule has 0 saturated carbocycles. The van der Waals surface area contributed by atoms with Crippen LogP contribution in [0.15, 0.2) is 0 Å². The van der Waals surface area contributed by atoms with Crippen LogP contribution in [0.4, 0.5) is 0 Å². The number of hydrogen-bond acceptors (Lipinski definition) is 6. The molecule has 1 aliphatic rings. The Morgan fingerprint density at radius 1 is 0.526 bits per heavy atom. The Morgan fingerprint density at radius 3 is 1.32 bits per heavy atom. The zero-order valence-electron chi connectivity index (χ0n) is 25.4.